The van der Waals surface area contributed by atoms with Crippen molar-refractivity contribution in [1.29, 1.82) is 0 Å². The van der Waals surface area contributed by atoms with Crippen LogP contribution < -0.4 is 15.4 Å². The van der Waals surface area contributed by atoms with Crippen LogP contribution in [0.2, 0.25) is 0 Å². The Kier molecular flexibility index (Phi) is 6.60. The average Bonchev–Trinajstić information content (AvgIpc) is 2.68. The summed E-state index contributed by atoms with van der Waals surface area (Å²) in [6, 6.07) is 6.62. The number of benzene rings is 1. The van der Waals surface area contributed by atoms with Gasteiger partial charge in [0.25, 0.3) is 0 Å². The lowest BCUT2D eigenvalue weighted by Gasteiger charge is -2.31. The molecule has 2 amide bonds. The Labute approximate surface area is 166 Å². The fourth-order valence-electron chi connectivity index (χ4n) is 3.75. The van der Waals surface area contributed by atoms with Crippen LogP contribution >= 0.6 is 0 Å². The van der Waals surface area contributed by atoms with E-state index >= 15 is 0 Å². The molecule has 0 bridgehead atoms. The van der Waals surface area contributed by atoms with E-state index in [1.807, 2.05) is 24.3 Å². The Balaban J connectivity index is 1.77. The minimum absolute atomic E-state index is 0.0490. The number of hydrogen-bond acceptors (Lipinski definition) is 4. The minimum atomic E-state index is -0.538. The first kappa shape index (κ1) is 20.2. The van der Waals surface area contributed by atoms with E-state index in [0.29, 0.717) is 23.8 Å². The van der Waals surface area contributed by atoms with E-state index in [1.54, 1.807) is 6.92 Å². The molecule has 0 unspecified atom stereocenters. The maximum absolute atomic E-state index is 13.0. The second kappa shape index (κ2) is 9.13. The molecule has 0 radical (unpaired) electrons. The van der Waals surface area contributed by atoms with Gasteiger partial charge in [-0.05, 0) is 62.6 Å². The molecule has 2 N–H and O–H groups in total. The Hall–Kier alpha value is -2.50. The number of ether oxygens (including phenoxy) is 2. The predicted molar refractivity (Wildman–Crippen MR) is 107 cm³/mol. The second-order valence-corrected chi connectivity index (χ2v) is 7.77. The molecule has 1 aliphatic heterocycles. The van der Waals surface area contributed by atoms with Crippen LogP contribution in [0.3, 0.4) is 0 Å². The van der Waals surface area contributed by atoms with Gasteiger partial charge in [0.2, 0.25) is 0 Å². The van der Waals surface area contributed by atoms with Crippen LogP contribution in [-0.4, -0.2) is 24.7 Å². The van der Waals surface area contributed by atoms with Crippen LogP contribution in [0.15, 0.2) is 35.5 Å². The van der Waals surface area contributed by atoms with Crippen molar-refractivity contribution >= 4 is 12.0 Å². The zero-order chi connectivity index (χ0) is 20.1. The number of urea groups is 1. The molecule has 0 saturated heterocycles. The maximum Gasteiger partial charge on any atom is 0.338 e. The second-order valence-electron chi connectivity index (χ2n) is 7.77. The van der Waals surface area contributed by atoms with Gasteiger partial charge in [0.1, 0.15) is 11.9 Å². The molecular formula is C22H30N2O4. The summed E-state index contributed by atoms with van der Waals surface area (Å²) >= 11 is 0. The number of amides is 2. The predicted octanol–water partition coefficient (Wildman–Crippen LogP) is 4.23. The van der Waals surface area contributed by atoms with Gasteiger partial charge in [-0.15, -0.1) is 0 Å². The molecule has 1 saturated carbocycles. The van der Waals surface area contributed by atoms with Crippen LogP contribution in [0.25, 0.3) is 0 Å². The van der Waals surface area contributed by atoms with Crippen molar-refractivity contribution in [3.05, 3.63) is 41.1 Å². The van der Waals surface area contributed by atoms with Gasteiger partial charge in [0.15, 0.2) is 0 Å². The van der Waals surface area contributed by atoms with Crippen LogP contribution in [-0.2, 0) is 9.53 Å². The van der Waals surface area contributed by atoms with Crippen molar-refractivity contribution in [2.75, 3.05) is 6.61 Å². The summed E-state index contributed by atoms with van der Waals surface area (Å²) in [7, 11) is 0. The number of rotatable bonds is 6. The molecule has 1 fully saturated rings. The highest BCUT2D eigenvalue weighted by Crippen LogP contribution is 2.31. The van der Waals surface area contributed by atoms with Gasteiger partial charge in [-0.3, -0.25) is 0 Å². The zero-order valence-corrected chi connectivity index (χ0v) is 16.9. The third-order valence-corrected chi connectivity index (χ3v) is 5.41. The average molecular weight is 386 g/mol. The van der Waals surface area contributed by atoms with Gasteiger partial charge in [0, 0.05) is 5.70 Å². The largest absolute Gasteiger partial charge is 0.494 e. The first-order valence-corrected chi connectivity index (χ1v) is 10.2. The van der Waals surface area contributed by atoms with Crippen molar-refractivity contribution in [2.45, 2.75) is 65.0 Å². The van der Waals surface area contributed by atoms with Crippen LogP contribution in [0, 0.1) is 5.92 Å². The lowest BCUT2D eigenvalue weighted by atomic mass is 9.89. The van der Waals surface area contributed by atoms with Crippen molar-refractivity contribution < 1.29 is 19.1 Å². The molecule has 2 aliphatic rings. The normalized spacial score (nSPS) is 25.0. The number of esters is 1. The summed E-state index contributed by atoms with van der Waals surface area (Å²) in [4.78, 5) is 25.0. The number of carbonyl (C=O) groups excluding carboxylic acids is 2. The van der Waals surface area contributed by atoms with Crippen molar-refractivity contribution in [1.82, 2.24) is 10.6 Å². The first-order valence-electron chi connectivity index (χ1n) is 10.2. The number of nitrogens with one attached hydrogen (secondary N) is 2. The molecule has 1 aromatic rings. The topological polar surface area (TPSA) is 76.7 Å². The lowest BCUT2D eigenvalue weighted by Crippen LogP contribution is -2.45. The molecule has 1 aromatic carbocycles. The van der Waals surface area contributed by atoms with Crippen molar-refractivity contribution in [3.63, 3.8) is 0 Å². The SMILES string of the molecule is CCCOc1ccc([C@H]2NC(=O)NC(C)=C2C(=O)OC2CCC(C)CC2)cc1. The highest BCUT2D eigenvalue weighted by atomic mass is 16.5. The molecule has 28 heavy (non-hydrogen) atoms. The van der Waals surface area contributed by atoms with Crippen LogP contribution in [0.4, 0.5) is 4.79 Å². The molecule has 152 valence electrons. The van der Waals surface area contributed by atoms with E-state index in [0.717, 1.165) is 43.4 Å². The molecule has 0 aromatic heterocycles. The number of carbonyl (C=O) groups is 2. The number of allylic oxidation sites excluding steroid dienone is 1. The van der Waals surface area contributed by atoms with E-state index < -0.39 is 6.04 Å². The maximum atomic E-state index is 13.0. The molecule has 1 aliphatic carbocycles. The summed E-state index contributed by atoms with van der Waals surface area (Å²) in [5, 5.41) is 5.55. The zero-order valence-electron chi connectivity index (χ0n) is 16.9. The van der Waals surface area contributed by atoms with Crippen LogP contribution in [0.1, 0.15) is 64.5 Å². The van der Waals surface area contributed by atoms with E-state index in [9.17, 15) is 9.59 Å². The van der Waals surface area contributed by atoms with E-state index in [1.165, 1.54) is 0 Å². The highest BCUT2D eigenvalue weighted by molar-refractivity contribution is 5.95. The van der Waals surface area contributed by atoms with E-state index in [-0.39, 0.29) is 18.1 Å². The molecule has 6 heteroatoms. The minimum Gasteiger partial charge on any atom is -0.494 e. The van der Waals surface area contributed by atoms with Crippen LogP contribution in [0.5, 0.6) is 5.75 Å². The lowest BCUT2D eigenvalue weighted by molar-refractivity contribution is -0.146. The molecular weight excluding hydrogens is 356 g/mol. The van der Waals surface area contributed by atoms with Gasteiger partial charge in [-0.25, -0.2) is 9.59 Å². The summed E-state index contributed by atoms with van der Waals surface area (Å²) < 4.78 is 11.4. The fraction of sp³-hybridized carbons (Fsp3) is 0.545. The molecule has 3 rings (SSSR count). The fourth-order valence-corrected chi connectivity index (χ4v) is 3.75. The summed E-state index contributed by atoms with van der Waals surface area (Å²) in [5.74, 6) is 1.10. The summed E-state index contributed by atoms with van der Waals surface area (Å²) in [6.45, 7) is 6.68. The van der Waals surface area contributed by atoms with E-state index in [4.69, 9.17) is 9.47 Å². The standard InChI is InChI=1S/C22H30N2O4/c1-4-13-27-17-11-7-16(8-12-17)20-19(15(3)23-22(26)24-20)21(25)28-18-9-5-14(2)6-10-18/h7-8,11-12,14,18,20H,4-6,9-10,13H2,1-3H3,(H2,23,24,26)/t14?,18?,20-/m1/s1. The quantitative estimate of drug-likeness (QED) is 0.718. The highest BCUT2D eigenvalue weighted by Gasteiger charge is 2.34. The van der Waals surface area contributed by atoms with Gasteiger partial charge >= 0.3 is 12.0 Å². The van der Waals surface area contributed by atoms with Gasteiger partial charge in [-0.2, -0.15) is 0 Å². The molecule has 0 spiro atoms. The monoisotopic (exact) mass is 386 g/mol. The summed E-state index contributed by atoms with van der Waals surface area (Å²) in [6.07, 6.45) is 4.83. The Morgan fingerprint density at radius 3 is 2.46 bits per heavy atom. The van der Waals surface area contributed by atoms with Crippen molar-refractivity contribution in [2.24, 2.45) is 5.92 Å². The van der Waals surface area contributed by atoms with Gasteiger partial charge < -0.3 is 20.1 Å². The third-order valence-electron chi connectivity index (χ3n) is 5.41. The Morgan fingerprint density at radius 2 is 1.82 bits per heavy atom. The smallest absolute Gasteiger partial charge is 0.338 e. The van der Waals surface area contributed by atoms with E-state index in [2.05, 4.69) is 24.5 Å². The Bertz CT molecular complexity index is 733. The summed E-state index contributed by atoms with van der Waals surface area (Å²) in [5.41, 5.74) is 1.82. The Morgan fingerprint density at radius 1 is 1.14 bits per heavy atom. The van der Waals surface area contributed by atoms with Gasteiger partial charge in [0.05, 0.1) is 18.2 Å². The molecule has 6 nitrogen and oxygen atoms in total. The third kappa shape index (κ3) is 4.86. The van der Waals surface area contributed by atoms with Crippen molar-refractivity contribution in [3.8, 4) is 5.75 Å². The first-order chi connectivity index (χ1) is 13.5. The molecule has 1 atom stereocenters. The van der Waals surface area contributed by atoms with Gasteiger partial charge in [-0.1, -0.05) is 26.0 Å². The molecule has 1 heterocycles. The number of hydrogen-bond donors (Lipinski definition) is 2.